The molecule has 1 amide bonds. The molecule has 0 aromatic heterocycles. The quantitative estimate of drug-likeness (QED) is 0.288. The van der Waals surface area contributed by atoms with Gasteiger partial charge in [0.1, 0.15) is 24.4 Å². The Bertz CT molecular complexity index is 422. The lowest BCUT2D eigenvalue weighted by molar-refractivity contribution is -0.270. The van der Waals surface area contributed by atoms with Crippen LogP contribution < -0.4 is 5.32 Å². The fraction of sp³-hybridized carbons (Fsp3) is 0.955. The molecule has 0 aliphatic carbocycles. The molecule has 172 valence electrons. The lowest BCUT2D eigenvalue weighted by Gasteiger charge is -2.42. The van der Waals surface area contributed by atoms with Gasteiger partial charge in [0.25, 0.3) is 0 Å². The Hall–Kier alpha value is -0.730. The van der Waals surface area contributed by atoms with Crippen molar-refractivity contribution in [2.45, 2.75) is 122 Å². The van der Waals surface area contributed by atoms with Crippen LogP contribution in [0.25, 0.3) is 0 Å². The van der Waals surface area contributed by atoms with Crippen molar-refractivity contribution in [3.05, 3.63) is 0 Å². The minimum absolute atomic E-state index is 0.341. The van der Waals surface area contributed by atoms with Crippen molar-refractivity contribution in [1.82, 2.24) is 5.32 Å². The topological polar surface area (TPSA) is 108 Å². The molecule has 0 spiro atoms. The molecule has 1 fully saturated rings. The standard InChI is InChI=1S/C22H43NO6/c1-3-4-5-6-7-8-9-10-11-12-13-14-15-28-22-19(23-17(2)25)21(27)20(26)18(16-24)29-22/h18-22,24,26-27H,3-16H2,1-2H3,(H,23,25)/t18-,19-,20-,21-,22?/m1/s1. The van der Waals surface area contributed by atoms with Crippen LogP contribution in [0.1, 0.15) is 90.9 Å². The van der Waals surface area contributed by atoms with Crippen molar-refractivity contribution in [3.63, 3.8) is 0 Å². The van der Waals surface area contributed by atoms with Crippen LogP contribution in [0.15, 0.2) is 0 Å². The fourth-order valence-corrected chi connectivity index (χ4v) is 3.76. The number of amides is 1. The Balaban J connectivity index is 2.14. The SMILES string of the molecule is CCCCCCCCCCCCCCOC1O[C@H](CO)[C@@H](O)[C@H](O)[C@H]1NC(C)=O. The van der Waals surface area contributed by atoms with Gasteiger partial charge in [0.05, 0.1) is 6.61 Å². The van der Waals surface area contributed by atoms with Gasteiger partial charge in [-0.1, -0.05) is 77.6 Å². The van der Waals surface area contributed by atoms with Crippen LogP contribution in [0, 0.1) is 0 Å². The number of carbonyl (C=O) groups excluding carboxylic acids is 1. The van der Waals surface area contributed by atoms with Crippen molar-refractivity contribution in [1.29, 1.82) is 0 Å². The Kier molecular flexibility index (Phi) is 14.5. The second-order valence-corrected chi connectivity index (χ2v) is 8.19. The van der Waals surface area contributed by atoms with E-state index < -0.39 is 37.3 Å². The molecular formula is C22H43NO6. The highest BCUT2D eigenvalue weighted by molar-refractivity contribution is 5.73. The van der Waals surface area contributed by atoms with Crippen molar-refractivity contribution in [2.24, 2.45) is 0 Å². The van der Waals surface area contributed by atoms with Gasteiger partial charge >= 0.3 is 0 Å². The fourth-order valence-electron chi connectivity index (χ4n) is 3.76. The van der Waals surface area contributed by atoms with E-state index in [1.54, 1.807) is 0 Å². The van der Waals surface area contributed by atoms with Gasteiger partial charge in [0, 0.05) is 13.5 Å². The summed E-state index contributed by atoms with van der Waals surface area (Å²) in [5.41, 5.74) is 0. The number of hydrogen-bond acceptors (Lipinski definition) is 6. The maximum Gasteiger partial charge on any atom is 0.217 e. The minimum atomic E-state index is -1.27. The zero-order chi connectivity index (χ0) is 21.5. The van der Waals surface area contributed by atoms with Crippen LogP contribution in [-0.2, 0) is 14.3 Å². The number of hydrogen-bond donors (Lipinski definition) is 4. The maximum absolute atomic E-state index is 11.4. The summed E-state index contributed by atoms with van der Waals surface area (Å²) in [6.07, 6.45) is 10.7. The van der Waals surface area contributed by atoms with Crippen LogP contribution in [-0.4, -0.2) is 65.1 Å². The Morgan fingerprint density at radius 3 is 1.90 bits per heavy atom. The van der Waals surface area contributed by atoms with Gasteiger partial charge in [-0.2, -0.15) is 0 Å². The molecule has 1 unspecified atom stereocenters. The number of nitrogens with one attached hydrogen (secondary N) is 1. The summed E-state index contributed by atoms with van der Waals surface area (Å²) in [7, 11) is 0. The predicted octanol–water partition coefficient (Wildman–Crippen LogP) is 2.65. The zero-order valence-electron chi connectivity index (χ0n) is 18.4. The zero-order valence-corrected chi connectivity index (χ0v) is 18.4. The average molecular weight is 418 g/mol. The first-order valence-electron chi connectivity index (χ1n) is 11.5. The summed E-state index contributed by atoms with van der Waals surface area (Å²) in [5.74, 6) is -0.341. The summed E-state index contributed by atoms with van der Waals surface area (Å²) in [6.45, 7) is 3.59. The number of aliphatic hydroxyl groups excluding tert-OH is 3. The van der Waals surface area contributed by atoms with E-state index in [0.29, 0.717) is 6.61 Å². The summed E-state index contributed by atoms with van der Waals surface area (Å²) in [4.78, 5) is 11.4. The van der Waals surface area contributed by atoms with Gasteiger partial charge < -0.3 is 30.1 Å². The normalized spacial score (nSPS) is 27.1. The molecule has 4 N–H and O–H groups in total. The molecule has 7 heteroatoms. The molecule has 0 bridgehead atoms. The van der Waals surface area contributed by atoms with E-state index in [2.05, 4.69) is 12.2 Å². The molecule has 1 aliphatic heterocycles. The van der Waals surface area contributed by atoms with E-state index in [4.69, 9.17) is 9.47 Å². The Morgan fingerprint density at radius 2 is 1.41 bits per heavy atom. The summed E-state index contributed by atoms with van der Waals surface area (Å²) in [5, 5.41) is 32.1. The molecular weight excluding hydrogens is 374 g/mol. The monoisotopic (exact) mass is 417 g/mol. The van der Waals surface area contributed by atoms with Gasteiger partial charge in [0.2, 0.25) is 5.91 Å². The molecule has 0 aromatic rings. The van der Waals surface area contributed by atoms with Gasteiger partial charge in [-0.15, -0.1) is 0 Å². The van der Waals surface area contributed by atoms with Gasteiger partial charge in [-0.3, -0.25) is 4.79 Å². The van der Waals surface area contributed by atoms with Gasteiger partial charge in [-0.05, 0) is 6.42 Å². The third-order valence-corrected chi connectivity index (χ3v) is 5.53. The predicted molar refractivity (Wildman–Crippen MR) is 112 cm³/mol. The molecule has 1 rings (SSSR count). The highest BCUT2D eigenvalue weighted by Crippen LogP contribution is 2.22. The van der Waals surface area contributed by atoms with Crippen molar-refractivity contribution in [2.75, 3.05) is 13.2 Å². The van der Waals surface area contributed by atoms with E-state index in [1.165, 1.54) is 71.1 Å². The maximum atomic E-state index is 11.4. The van der Waals surface area contributed by atoms with Gasteiger partial charge in [0.15, 0.2) is 6.29 Å². The first-order chi connectivity index (χ1) is 14.0. The van der Waals surface area contributed by atoms with Crippen molar-refractivity contribution < 1.29 is 29.6 Å². The molecule has 1 heterocycles. The molecule has 1 aliphatic rings. The highest BCUT2D eigenvalue weighted by atomic mass is 16.7. The Morgan fingerprint density at radius 1 is 0.897 bits per heavy atom. The van der Waals surface area contributed by atoms with E-state index >= 15 is 0 Å². The third-order valence-electron chi connectivity index (χ3n) is 5.53. The van der Waals surface area contributed by atoms with Crippen molar-refractivity contribution >= 4 is 5.91 Å². The largest absolute Gasteiger partial charge is 0.394 e. The molecule has 5 atom stereocenters. The minimum Gasteiger partial charge on any atom is -0.394 e. The van der Waals surface area contributed by atoms with E-state index in [-0.39, 0.29) is 5.91 Å². The van der Waals surface area contributed by atoms with Crippen molar-refractivity contribution in [3.8, 4) is 0 Å². The third kappa shape index (κ3) is 10.7. The molecule has 0 radical (unpaired) electrons. The molecule has 0 saturated carbocycles. The smallest absolute Gasteiger partial charge is 0.217 e. The van der Waals surface area contributed by atoms with Gasteiger partial charge in [-0.25, -0.2) is 0 Å². The number of carbonyl (C=O) groups is 1. The van der Waals surface area contributed by atoms with E-state index in [0.717, 1.165) is 12.8 Å². The van der Waals surface area contributed by atoms with Crippen LogP contribution in [0.4, 0.5) is 0 Å². The number of ether oxygens (including phenoxy) is 2. The average Bonchev–Trinajstić information content (AvgIpc) is 2.70. The van der Waals surface area contributed by atoms with Crippen LogP contribution in [0.3, 0.4) is 0 Å². The molecule has 29 heavy (non-hydrogen) atoms. The van der Waals surface area contributed by atoms with E-state index in [9.17, 15) is 20.1 Å². The number of unbranched alkanes of at least 4 members (excludes halogenated alkanes) is 11. The lowest BCUT2D eigenvalue weighted by Crippen LogP contribution is -2.64. The van der Waals surface area contributed by atoms with Crippen LogP contribution in [0.2, 0.25) is 0 Å². The van der Waals surface area contributed by atoms with Crippen LogP contribution in [0.5, 0.6) is 0 Å². The second-order valence-electron chi connectivity index (χ2n) is 8.19. The summed E-state index contributed by atoms with van der Waals surface area (Å²) >= 11 is 0. The molecule has 1 saturated heterocycles. The first-order valence-corrected chi connectivity index (χ1v) is 11.5. The van der Waals surface area contributed by atoms with Crippen LogP contribution >= 0.6 is 0 Å². The first kappa shape index (κ1) is 26.3. The van der Waals surface area contributed by atoms with E-state index in [1.807, 2.05) is 0 Å². The lowest BCUT2D eigenvalue weighted by atomic mass is 9.97. The molecule has 7 nitrogen and oxygen atoms in total. The number of rotatable bonds is 16. The summed E-state index contributed by atoms with van der Waals surface area (Å²) in [6, 6.07) is -0.859. The summed E-state index contributed by atoms with van der Waals surface area (Å²) < 4.78 is 11.3. The Labute approximate surface area is 176 Å². The number of aliphatic hydroxyl groups is 3. The highest BCUT2D eigenvalue weighted by Gasteiger charge is 2.45. The molecule has 0 aromatic carbocycles. The second kappa shape index (κ2) is 16.0.